The first-order valence-electron chi connectivity index (χ1n) is 9.32. The number of nitrogens with zero attached hydrogens (tertiary/aromatic N) is 1. The lowest BCUT2D eigenvalue weighted by Crippen LogP contribution is -2.58. The van der Waals surface area contributed by atoms with Crippen LogP contribution in [0.4, 0.5) is 9.59 Å². The summed E-state index contributed by atoms with van der Waals surface area (Å²) in [4.78, 5) is 26.1. The second kappa shape index (κ2) is 7.29. The van der Waals surface area contributed by atoms with Crippen molar-refractivity contribution in [1.82, 2.24) is 10.2 Å². The highest BCUT2D eigenvalue weighted by Gasteiger charge is 2.50. The molecule has 3 rings (SSSR count). The van der Waals surface area contributed by atoms with Crippen molar-refractivity contribution < 1.29 is 23.8 Å². The maximum atomic E-state index is 12.4. The third-order valence-electron chi connectivity index (χ3n) is 5.16. The number of methoxy groups -OCH3 is 1. The number of piperidine rings is 1. The molecule has 2 aliphatic heterocycles. The van der Waals surface area contributed by atoms with E-state index in [1.165, 1.54) is 0 Å². The zero-order chi connectivity index (χ0) is 19.7. The molecule has 2 fully saturated rings. The number of amides is 2. The summed E-state index contributed by atoms with van der Waals surface area (Å²) in [5.41, 5.74) is -0.186. The van der Waals surface area contributed by atoms with E-state index < -0.39 is 17.3 Å². The van der Waals surface area contributed by atoms with Crippen molar-refractivity contribution >= 4 is 12.2 Å². The molecule has 2 heterocycles. The molecule has 2 amide bonds. The zero-order valence-corrected chi connectivity index (χ0v) is 16.4. The molecule has 7 nitrogen and oxygen atoms in total. The Hall–Kier alpha value is -2.44. The van der Waals surface area contributed by atoms with Crippen LogP contribution in [0.1, 0.15) is 45.1 Å². The molecule has 0 bridgehead atoms. The molecular weight excluding hydrogens is 348 g/mol. The van der Waals surface area contributed by atoms with E-state index in [0.29, 0.717) is 32.5 Å². The van der Waals surface area contributed by atoms with Crippen LogP contribution in [0.3, 0.4) is 0 Å². The third-order valence-corrected chi connectivity index (χ3v) is 5.16. The van der Waals surface area contributed by atoms with Crippen molar-refractivity contribution in [3.05, 3.63) is 29.8 Å². The predicted molar refractivity (Wildman–Crippen MR) is 100.0 cm³/mol. The number of hydrogen-bond acceptors (Lipinski definition) is 5. The molecule has 1 spiro atoms. The van der Waals surface area contributed by atoms with Gasteiger partial charge in [0.1, 0.15) is 17.0 Å². The van der Waals surface area contributed by atoms with Gasteiger partial charge in [-0.05, 0) is 26.8 Å². The number of para-hydroxylation sites is 1. The van der Waals surface area contributed by atoms with E-state index in [1.807, 2.05) is 45.0 Å². The summed E-state index contributed by atoms with van der Waals surface area (Å²) >= 11 is 0. The van der Waals surface area contributed by atoms with Crippen LogP contribution in [0.15, 0.2) is 24.3 Å². The van der Waals surface area contributed by atoms with Gasteiger partial charge in [-0.1, -0.05) is 18.2 Å². The molecule has 148 valence electrons. The van der Waals surface area contributed by atoms with Crippen molar-refractivity contribution in [3.63, 3.8) is 0 Å². The van der Waals surface area contributed by atoms with Crippen LogP contribution in [-0.4, -0.2) is 55.0 Å². The second-order valence-electron chi connectivity index (χ2n) is 8.10. The molecule has 1 aromatic rings. The number of carbonyl (C=O) groups excluding carboxylic acids is 2. The highest BCUT2D eigenvalue weighted by molar-refractivity contribution is 5.70. The Morgan fingerprint density at radius 2 is 1.93 bits per heavy atom. The summed E-state index contributed by atoms with van der Waals surface area (Å²) in [7, 11) is 1.64. The monoisotopic (exact) mass is 376 g/mol. The highest BCUT2D eigenvalue weighted by Crippen LogP contribution is 2.44. The van der Waals surface area contributed by atoms with Crippen molar-refractivity contribution in [2.75, 3.05) is 26.7 Å². The van der Waals surface area contributed by atoms with Gasteiger partial charge in [0, 0.05) is 44.0 Å². The average Bonchev–Trinajstić information content (AvgIpc) is 2.61. The number of likely N-dealkylation sites (tertiary alicyclic amines) is 1. The summed E-state index contributed by atoms with van der Waals surface area (Å²) in [5.74, 6) is 0.725. The van der Waals surface area contributed by atoms with Gasteiger partial charge in [-0.2, -0.15) is 0 Å². The Morgan fingerprint density at radius 3 is 2.56 bits per heavy atom. The van der Waals surface area contributed by atoms with Gasteiger partial charge in [-0.25, -0.2) is 9.59 Å². The minimum absolute atomic E-state index is 0.0489. The lowest BCUT2D eigenvalue weighted by molar-refractivity contribution is -0.0709. The minimum atomic E-state index is -0.657. The molecule has 1 unspecified atom stereocenters. The maximum absolute atomic E-state index is 12.4. The smallest absolute Gasteiger partial charge is 0.410 e. The van der Waals surface area contributed by atoms with Crippen LogP contribution in [0.5, 0.6) is 5.75 Å². The molecule has 2 aliphatic rings. The number of nitrogens with one attached hydrogen (secondary N) is 1. The van der Waals surface area contributed by atoms with Crippen LogP contribution < -0.4 is 10.1 Å². The van der Waals surface area contributed by atoms with E-state index in [1.54, 1.807) is 12.0 Å². The lowest BCUT2D eigenvalue weighted by atomic mass is 9.74. The topological polar surface area (TPSA) is 77.1 Å². The van der Waals surface area contributed by atoms with Gasteiger partial charge in [0.15, 0.2) is 0 Å². The molecule has 7 heteroatoms. The number of carbonyl (C=O) groups is 2. The van der Waals surface area contributed by atoms with Gasteiger partial charge in [-0.15, -0.1) is 0 Å². The van der Waals surface area contributed by atoms with Crippen LogP contribution in [0.2, 0.25) is 0 Å². The van der Waals surface area contributed by atoms with Crippen LogP contribution in [0, 0.1) is 0 Å². The molecule has 1 aromatic carbocycles. The number of hydrogen-bond donors (Lipinski definition) is 1. The molecule has 1 atom stereocenters. The number of rotatable bonds is 2. The highest BCUT2D eigenvalue weighted by atomic mass is 16.6. The van der Waals surface area contributed by atoms with Gasteiger partial charge in [0.05, 0.1) is 7.11 Å². The SMILES string of the molecule is COc1ccccc1C1CNC(=O)OC12CCN(C(=O)OC(C)(C)C)CC2. The lowest BCUT2D eigenvalue weighted by Gasteiger charge is -2.48. The standard InChI is InChI=1S/C20H28N2O5/c1-19(2,3)27-18(24)22-11-9-20(10-12-22)15(13-21-17(23)26-20)14-7-5-6-8-16(14)25-4/h5-8,15H,9-13H2,1-4H3,(H,21,23). The first-order valence-corrected chi connectivity index (χ1v) is 9.32. The predicted octanol–water partition coefficient (Wildman–Crippen LogP) is 3.29. The zero-order valence-electron chi connectivity index (χ0n) is 16.4. The number of alkyl carbamates (subject to hydrolysis) is 1. The van der Waals surface area contributed by atoms with Crippen molar-refractivity contribution in [1.29, 1.82) is 0 Å². The largest absolute Gasteiger partial charge is 0.496 e. The van der Waals surface area contributed by atoms with Crippen LogP contribution in [-0.2, 0) is 9.47 Å². The molecule has 0 aromatic heterocycles. The summed E-state index contributed by atoms with van der Waals surface area (Å²) in [5, 5.41) is 2.80. The molecule has 27 heavy (non-hydrogen) atoms. The molecule has 1 N–H and O–H groups in total. The normalized spacial score (nSPS) is 22.0. The summed E-state index contributed by atoms with van der Waals surface area (Å²) in [6.45, 7) is 6.99. The Labute approximate surface area is 160 Å². The fraction of sp³-hybridized carbons (Fsp3) is 0.600. The van der Waals surface area contributed by atoms with Gasteiger partial charge in [-0.3, -0.25) is 0 Å². The van der Waals surface area contributed by atoms with E-state index in [0.717, 1.165) is 11.3 Å². The third kappa shape index (κ3) is 4.12. The molecule has 2 saturated heterocycles. The molecular formula is C20H28N2O5. The van der Waals surface area contributed by atoms with E-state index in [2.05, 4.69) is 5.32 Å². The molecule has 0 saturated carbocycles. The van der Waals surface area contributed by atoms with Crippen molar-refractivity contribution in [2.24, 2.45) is 0 Å². The Morgan fingerprint density at radius 1 is 1.26 bits per heavy atom. The van der Waals surface area contributed by atoms with E-state index in [4.69, 9.17) is 14.2 Å². The quantitative estimate of drug-likeness (QED) is 0.857. The van der Waals surface area contributed by atoms with E-state index >= 15 is 0 Å². The van der Waals surface area contributed by atoms with E-state index in [-0.39, 0.29) is 12.0 Å². The average molecular weight is 376 g/mol. The van der Waals surface area contributed by atoms with Gasteiger partial charge in [0.2, 0.25) is 0 Å². The molecule has 0 aliphatic carbocycles. The summed E-state index contributed by atoms with van der Waals surface area (Å²) < 4.78 is 16.8. The second-order valence-corrected chi connectivity index (χ2v) is 8.10. The van der Waals surface area contributed by atoms with Crippen LogP contribution >= 0.6 is 0 Å². The first-order chi connectivity index (χ1) is 12.7. The fourth-order valence-corrected chi connectivity index (χ4v) is 3.86. The number of benzene rings is 1. The number of ether oxygens (including phenoxy) is 3. The Bertz CT molecular complexity index is 705. The minimum Gasteiger partial charge on any atom is -0.496 e. The van der Waals surface area contributed by atoms with Crippen molar-refractivity contribution in [3.8, 4) is 5.75 Å². The first kappa shape index (κ1) is 19.3. The van der Waals surface area contributed by atoms with Gasteiger partial charge < -0.3 is 24.4 Å². The molecule has 0 radical (unpaired) electrons. The van der Waals surface area contributed by atoms with Gasteiger partial charge in [0.25, 0.3) is 0 Å². The van der Waals surface area contributed by atoms with Gasteiger partial charge >= 0.3 is 12.2 Å². The van der Waals surface area contributed by atoms with Crippen molar-refractivity contribution in [2.45, 2.75) is 50.7 Å². The van der Waals surface area contributed by atoms with E-state index in [9.17, 15) is 9.59 Å². The maximum Gasteiger partial charge on any atom is 0.410 e. The van der Waals surface area contributed by atoms with Crippen LogP contribution in [0.25, 0.3) is 0 Å². The summed E-state index contributed by atoms with van der Waals surface area (Å²) in [6, 6.07) is 7.79. The Kier molecular flexibility index (Phi) is 5.22. The summed E-state index contributed by atoms with van der Waals surface area (Å²) in [6.07, 6.45) is 0.378. The Balaban J connectivity index is 1.80. The fourth-order valence-electron chi connectivity index (χ4n) is 3.86.